The Labute approximate surface area is 122 Å². The van der Waals surface area contributed by atoms with Gasteiger partial charge < -0.3 is 15.2 Å². The average Bonchev–Trinajstić information content (AvgIpc) is 2.40. The number of nitrogens with one attached hydrogen (secondary N) is 1. The highest BCUT2D eigenvalue weighted by molar-refractivity contribution is 6.30. The van der Waals surface area contributed by atoms with Gasteiger partial charge in [0.25, 0.3) is 0 Å². The van der Waals surface area contributed by atoms with Crippen molar-refractivity contribution in [2.24, 2.45) is 5.92 Å². The molecule has 1 unspecified atom stereocenters. The van der Waals surface area contributed by atoms with Crippen LogP contribution < -0.4 is 10.1 Å². The first-order chi connectivity index (χ1) is 9.45. The zero-order valence-corrected chi connectivity index (χ0v) is 12.2. The number of hydrogen-bond donors (Lipinski definition) is 2. The summed E-state index contributed by atoms with van der Waals surface area (Å²) in [6, 6.07) is 5.29. The summed E-state index contributed by atoms with van der Waals surface area (Å²) in [5.74, 6) is -1.98. The minimum atomic E-state index is -1.14. The zero-order chi connectivity index (χ0) is 15.1. The van der Waals surface area contributed by atoms with Crippen molar-refractivity contribution >= 4 is 23.5 Å². The lowest BCUT2D eigenvalue weighted by atomic mass is 10.1. The topological polar surface area (TPSA) is 75.6 Å². The maximum Gasteiger partial charge on any atom is 0.315 e. The first-order valence-electron chi connectivity index (χ1n) is 6.37. The molecule has 1 amide bonds. The number of ether oxygens (including phenoxy) is 1. The zero-order valence-electron chi connectivity index (χ0n) is 11.5. The number of carbonyl (C=O) groups excluding carboxylic acids is 1. The fourth-order valence-corrected chi connectivity index (χ4v) is 1.82. The molecular formula is C14H18ClNO4. The highest BCUT2D eigenvalue weighted by atomic mass is 35.5. The van der Waals surface area contributed by atoms with E-state index in [0.29, 0.717) is 24.6 Å². The van der Waals surface area contributed by atoms with Crippen LogP contribution in [0.2, 0.25) is 5.02 Å². The smallest absolute Gasteiger partial charge is 0.315 e. The Hall–Kier alpha value is -1.75. The van der Waals surface area contributed by atoms with Gasteiger partial charge in [0.05, 0.1) is 6.61 Å². The summed E-state index contributed by atoms with van der Waals surface area (Å²) in [4.78, 5) is 22.2. The van der Waals surface area contributed by atoms with Crippen LogP contribution in [0.25, 0.3) is 0 Å². The van der Waals surface area contributed by atoms with Crippen LogP contribution in [0.4, 0.5) is 0 Å². The number of carboxylic acids is 1. The first-order valence-corrected chi connectivity index (χ1v) is 6.75. The molecule has 5 nitrogen and oxygen atoms in total. The van der Waals surface area contributed by atoms with E-state index >= 15 is 0 Å². The van der Waals surface area contributed by atoms with E-state index in [-0.39, 0.29) is 0 Å². The molecule has 0 radical (unpaired) electrons. The predicted octanol–water partition coefficient (Wildman–Crippen LogP) is 2.12. The molecule has 0 aliphatic rings. The van der Waals surface area contributed by atoms with Crippen LogP contribution in [0.5, 0.6) is 5.75 Å². The summed E-state index contributed by atoms with van der Waals surface area (Å²) < 4.78 is 5.47. The average molecular weight is 300 g/mol. The van der Waals surface area contributed by atoms with Gasteiger partial charge in [-0.25, -0.2) is 0 Å². The number of benzene rings is 1. The van der Waals surface area contributed by atoms with Crippen LogP contribution in [0.1, 0.15) is 19.4 Å². The van der Waals surface area contributed by atoms with E-state index in [9.17, 15) is 9.59 Å². The number of carbonyl (C=O) groups is 2. The molecule has 20 heavy (non-hydrogen) atoms. The number of rotatable bonds is 7. The highest BCUT2D eigenvalue weighted by Crippen LogP contribution is 2.23. The second kappa shape index (κ2) is 7.75. The maximum absolute atomic E-state index is 11.5. The molecule has 0 aliphatic heterocycles. The number of carboxylic acid groups (broad SMARTS) is 1. The lowest BCUT2D eigenvalue weighted by Crippen LogP contribution is -2.34. The van der Waals surface area contributed by atoms with E-state index < -0.39 is 17.8 Å². The molecule has 1 aromatic carbocycles. The van der Waals surface area contributed by atoms with E-state index in [2.05, 4.69) is 5.32 Å². The molecule has 1 rings (SSSR count). The molecular weight excluding hydrogens is 282 g/mol. The van der Waals surface area contributed by atoms with Crippen LogP contribution in [0.3, 0.4) is 0 Å². The molecule has 0 heterocycles. The standard InChI is InChI=1S/C14H18ClNO4/c1-3-20-12-5-4-11(15)8-10(12)6-7-16-13(17)9(2)14(18)19/h4-5,8-9H,3,6-7H2,1-2H3,(H,16,17)(H,18,19). The van der Waals surface area contributed by atoms with Gasteiger partial charge in [-0.2, -0.15) is 0 Å². The van der Waals surface area contributed by atoms with Gasteiger partial charge in [0, 0.05) is 11.6 Å². The summed E-state index contributed by atoms with van der Waals surface area (Å²) in [6.07, 6.45) is 0.522. The molecule has 0 saturated heterocycles. The van der Waals surface area contributed by atoms with Gasteiger partial charge >= 0.3 is 5.97 Å². The van der Waals surface area contributed by atoms with E-state index in [1.165, 1.54) is 6.92 Å². The fourth-order valence-electron chi connectivity index (χ4n) is 1.63. The molecule has 6 heteroatoms. The molecule has 0 aliphatic carbocycles. The van der Waals surface area contributed by atoms with Crippen molar-refractivity contribution in [2.75, 3.05) is 13.2 Å². The maximum atomic E-state index is 11.5. The Morgan fingerprint density at radius 2 is 2.15 bits per heavy atom. The Morgan fingerprint density at radius 1 is 1.45 bits per heavy atom. The monoisotopic (exact) mass is 299 g/mol. The van der Waals surface area contributed by atoms with Crippen LogP contribution in [-0.4, -0.2) is 30.1 Å². The fraction of sp³-hybridized carbons (Fsp3) is 0.429. The first kappa shape index (κ1) is 16.3. The minimum absolute atomic E-state index is 0.330. The van der Waals surface area contributed by atoms with Crippen molar-refractivity contribution in [1.82, 2.24) is 5.32 Å². The van der Waals surface area contributed by atoms with E-state index in [0.717, 1.165) is 11.3 Å². The second-order valence-corrected chi connectivity index (χ2v) is 4.72. The second-order valence-electron chi connectivity index (χ2n) is 4.29. The molecule has 1 aromatic rings. The van der Waals surface area contributed by atoms with Crippen molar-refractivity contribution < 1.29 is 19.4 Å². The summed E-state index contributed by atoms with van der Waals surface area (Å²) in [7, 11) is 0. The third-order valence-electron chi connectivity index (χ3n) is 2.78. The van der Waals surface area contributed by atoms with E-state index in [1.54, 1.807) is 18.2 Å². The lowest BCUT2D eigenvalue weighted by molar-refractivity contribution is -0.146. The van der Waals surface area contributed by atoms with Gasteiger partial charge in [0.15, 0.2) is 0 Å². The SMILES string of the molecule is CCOc1ccc(Cl)cc1CCNC(=O)C(C)C(=O)O. The van der Waals surface area contributed by atoms with Gasteiger partial charge in [0.2, 0.25) is 5.91 Å². The summed E-state index contributed by atoms with van der Waals surface area (Å²) >= 11 is 5.93. The van der Waals surface area contributed by atoms with Crippen molar-refractivity contribution in [1.29, 1.82) is 0 Å². The summed E-state index contributed by atoms with van der Waals surface area (Å²) in [5, 5.41) is 11.9. The third-order valence-corrected chi connectivity index (χ3v) is 3.01. The Morgan fingerprint density at radius 3 is 2.75 bits per heavy atom. The van der Waals surface area contributed by atoms with Gasteiger partial charge in [-0.05, 0) is 44.0 Å². The largest absolute Gasteiger partial charge is 0.494 e. The molecule has 1 atom stereocenters. The van der Waals surface area contributed by atoms with Crippen molar-refractivity contribution in [2.45, 2.75) is 20.3 Å². The highest BCUT2D eigenvalue weighted by Gasteiger charge is 2.19. The molecule has 0 fully saturated rings. The van der Waals surface area contributed by atoms with E-state index in [1.807, 2.05) is 6.92 Å². The molecule has 110 valence electrons. The molecule has 0 aromatic heterocycles. The Bertz CT molecular complexity index is 490. The van der Waals surface area contributed by atoms with Crippen LogP contribution in [0, 0.1) is 5.92 Å². The quantitative estimate of drug-likeness (QED) is 0.756. The predicted molar refractivity (Wildman–Crippen MR) is 76.1 cm³/mol. The van der Waals surface area contributed by atoms with Gasteiger partial charge in [-0.1, -0.05) is 11.6 Å². The molecule has 2 N–H and O–H groups in total. The number of amides is 1. The van der Waals surface area contributed by atoms with Gasteiger partial charge in [-0.15, -0.1) is 0 Å². The van der Waals surface area contributed by atoms with Crippen LogP contribution >= 0.6 is 11.6 Å². The molecule has 0 saturated carbocycles. The molecule has 0 bridgehead atoms. The normalized spacial score (nSPS) is 11.8. The summed E-state index contributed by atoms with van der Waals surface area (Å²) in [6.45, 7) is 4.10. The number of halogens is 1. The van der Waals surface area contributed by atoms with E-state index in [4.69, 9.17) is 21.4 Å². The Balaban J connectivity index is 2.59. The summed E-state index contributed by atoms with van der Waals surface area (Å²) in [5.41, 5.74) is 0.877. The minimum Gasteiger partial charge on any atom is -0.494 e. The van der Waals surface area contributed by atoms with Crippen molar-refractivity contribution in [3.63, 3.8) is 0 Å². The number of aliphatic carboxylic acids is 1. The van der Waals surface area contributed by atoms with Crippen molar-refractivity contribution in [3.05, 3.63) is 28.8 Å². The third kappa shape index (κ3) is 4.74. The lowest BCUT2D eigenvalue weighted by Gasteiger charge is -2.12. The van der Waals surface area contributed by atoms with Gasteiger partial charge in [-0.3, -0.25) is 9.59 Å². The van der Waals surface area contributed by atoms with Crippen LogP contribution in [0.15, 0.2) is 18.2 Å². The Kier molecular flexibility index (Phi) is 6.31. The van der Waals surface area contributed by atoms with Crippen LogP contribution in [-0.2, 0) is 16.0 Å². The molecule has 0 spiro atoms. The van der Waals surface area contributed by atoms with Gasteiger partial charge in [0.1, 0.15) is 11.7 Å². The number of hydrogen-bond acceptors (Lipinski definition) is 3. The van der Waals surface area contributed by atoms with Crippen molar-refractivity contribution in [3.8, 4) is 5.75 Å².